The van der Waals surface area contributed by atoms with Gasteiger partial charge >= 0.3 is 0 Å². The normalized spacial score (nSPS) is 17.4. The van der Waals surface area contributed by atoms with Crippen molar-refractivity contribution < 1.29 is 9.53 Å². The van der Waals surface area contributed by atoms with E-state index in [1.54, 1.807) is 0 Å². The Morgan fingerprint density at radius 2 is 1.90 bits per heavy atom. The van der Waals surface area contributed by atoms with Gasteiger partial charge in [-0.25, -0.2) is 0 Å². The summed E-state index contributed by atoms with van der Waals surface area (Å²) in [5.74, 6) is -0.0881. The molecule has 0 saturated carbocycles. The number of carbonyl (C=O) groups is 1. The van der Waals surface area contributed by atoms with E-state index in [0.717, 1.165) is 38.4 Å². The molecule has 21 heavy (non-hydrogen) atoms. The van der Waals surface area contributed by atoms with Gasteiger partial charge in [0.15, 0.2) is 0 Å². The van der Waals surface area contributed by atoms with Gasteiger partial charge in [0.05, 0.1) is 19.3 Å². The van der Waals surface area contributed by atoms with Crippen LogP contribution in [0, 0.1) is 0 Å². The topological polar surface area (TPSA) is 67.6 Å². The molecule has 0 aliphatic carbocycles. The summed E-state index contributed by atoms with van der Waals surface area (Å²) < 4.78 is 5.35. The minimum atomic E-state index is -0.411. The molecule has 1 amide bonds. The van der Waals surface area contributed by atoms with Crippen LogP contribution in [-0.2, 0) is 22.6 Å². The van der Waals surface area contributed by atoms with Crippen molar-refractivity contribution in [1.29, 1.82) is 0 Å². The molecule has 116 valence electrons. The molecule has 1 aliphatic rings. The quantitative estimate of drug-likeness (QED) is 0.816. The Bertz CT molecular complexity index is 441. The lowest BCUT2D eigenvalue weighted by Crippen LogP contribution is -2.39. The van der Waals surface area contributed by atoms with Gasteiger partial charge in [0.25, 0.3) is 0 Å². The third-order valence-corrected chi connectivity index (χ3v) is 3.78. The van der Waals surface area contributed by atoms with E-state index < -0.39 is 6.04 Å². The van der Waals surface area contributed by atoms with Crippen molar-refractivity contribution in [3.05, 3.63) is 35.4 Å². The highest BCUT2D eigenvalue weighted by atomic mass is 16.5. The SMILES string of the molecule is CC[C@H](N)C(=O)NCc1ccc(CN2CCOCC2)cc1. The summed E-state index contributed by atoms with van der Waals surface area (Å²) in [6, 6.07) is 7.96. The molecule has 0 radical (unpaired) electrons. The molecular formula is C16H25N3O2. The van der Waals surface area contributed by atoms with Gasteiger partial charge in [0.2, 0.25) is 5.91 Å². The lowest BCUT2D eigenvalue weighted by Gasteiger charge is -2.26. The first-order valence-corrected chi connectivity index (χ1v) is 7.60. The molecule has 0 unspecified atom stereocenters. The molecule has 3 N–H and O–H groups in total. The van der Waals surface area contributed by atoms with Crippen LogP contribution in [0.15, 0.2) is 24.3 Å². The summed E-state index contributed by atoms with van der Waals surface area (Å²) in [5.41, 5.74) is 8.07. The van der Waals surface area contributed by atoms with E-state index in [2.05, 4.69) is 34.5 Å². The molecule has 2 rings (SSSR count). The van der Waals surface area contributed by atoms with Crippen molar-refractivity contribution in [1.82, 2.24) is 10.2 Å². The Balaban J connectivity index is 1.80. The van der Waals surface area contributed by atoms with Gasteiger partial charge in [-0.15, -0.1) is 0 Å². The lowest BCUT2D eigenvalue weighted by atomic mass is 10.1. The van der Waals surface area contributed by atoms with Crippen molar-refractivity contribution in [2.24, 2.45) is 5.73 Å². The van der Waals surface area contributed by atoms with E-state index in [1.165, 1.54) is 5.56 Å². The smallest absolute Gasteiger partial charge is 0.237 e. The van der Waals surface area contributed by atoms with E-state index in [9.17, 15) is 4.79 Å². The van der Waals surface area contributed by atoms with Crippen LogP contribution in [-0.4, -0.2) is 43.2 Å². The highest BCUT2D eigenvalue weighted by Crippen LogP contribution is 2.09. The summed E-state index contributed by atoms with van der Waals surface area (Å²) in [5, 5.41) is 2.86. The second-order valence-corrected chi connectivity index (χ2v) is 5.44. The van der Waals surface area contributed by atoms with Crippen LogP contribution < -0.4 is 11.1 Å². The highest BCUT2D eigenvalue weighted by Gasteiger charge is 2.11. The van der Waals surface area contributed by atoms with Gasteiger partial charge in [0.1, 0.15) is 0 Å². The van der Waals surface area contributed by atoms with Crippen molar-refractivity contribution in [2.45, 2.75) is 32.5 Å². The number of nitrogens with zero attached hydrogens (tertiary/aromatic N) is 1. The van der Waals surface area contributed by atoms with E-state index >= 15 is 0 Å². The lowest BCUT2D eigenvalue weighted by molar-refractivity contribution is -0.122. The van der Waals surface area contributed by atoms with Crippen molar-refractivity contribution in [3.8, 4) is 0 Å². The highest BCUT2D eigenvalue weighted by molar-refractivity contribution is 5.81. The van der Waals surface area contributed by atoms with Crippen molar-refractivity contribution in [3.63, 3.8) is 0 Å². The molecule has 1 fully saturated rings. The summed E-state index contributed by atoms with van der Waals surface area (Å²) in [4.78, 5) is 14.0. The van der Waals surface area contributed by atoms with Gasteiger partial charge < -0.3 is 15.8 Å². The molecule has 1 atom stereocenters. The van der Waals surface area contributed by atoms with Crippen LogP contribution in [0.5, 0.6) is 0 Å². The maximum atomic E-state index is 11.6. The molecular weight excluding hydrogens is 266 g/mol. The monoisotopic (exact) mass is 291 g/mol. The van der Waals surface area contributed by atoms with Crippen LogP contribution in [0.1, 0.15) is 24.5 Å². The number of ether oxygens (including phenoxy) is 1. The van der Waals surface area contributed by atoms with Crippen LogP contribution >= 0.6 is 0 Å². The predicted molar refractivity (Wildman–Crippen MR) is 82.7 cm³/mol. The van der Waals surface area contributed by atoms with Crippen LogP contribution in [0.25, 0.3) is 0 Å². The number of amides is 1. The molecule has 1 saturated heterocycles. The summed E-state index contributed by atoms with van der Waals surface area (Å²) >= 11 is 0. The zero-order valence-electron chi connectivity index (χ0n) is 12.7. The van der Waals surface area contributed by atoms with Crippen molar-refractivity contribution in [2.75, 3.05) is 26.3 Å². The Hall–Kier alpha value is -1.43. The first-order chi connectivity index (χ1) is 10.2. The fourth-order valence-electron chi connectivity index (χ4n) is 2.29. The zero-order valence-corrected chi connectivity index (χ0v) is 12.7. The largest absolute Gasteiger partial charge is 0.379 e. The number of hydrogen-bond donors (Lipinski definition) is 2. The number of nitrogens with one attached hydrogen (secondary N) is 1. The van der Waals surface area contributed by atoms with Crippen molar-refractivity contribution >= 4 is 5.91 Å². The molecule has 1 heterocycles. The van der Waals surface area contributed by atoms with Gasteiger partial charge in [-0.1, -0.05) is 31.2 Å². The molecule has 0 bridgehead atoms. The van der Waals surface area contributed by atoms with Crippen LogP contribution in [0.3, 0.4) is 0 Å². The fraction of sp³-hybridized carbons (Fsp3) is 0.562. The van der Waals surface area contributed by atoms with Gasteiger partial charge in [-0.3, -0.25) is 9.69 Å². The minimum absolute atomic E-state index is 0.0881. The zero-order chi connectivity index (χ0) is 15.1. The van der Waals surface area contributed by atoms with Crippen LogP contribution in [0.4, 0.5) is 0 Å². The maximum Gasteiger partial charge on any atom is 0.237 e. The van der Waals surface area contributed by atoms with Crippen LogP contribution in [0.2, 0.25) is 0 Å². The standard InChI is InChI=1S/C16H25N3O2/c1-2-15(17)16(20)18-11-13-3-5-14(6-4-13)12-19-7-9-21-10-8-19/h3-6,15H,2,7-12,17H2,1H3,(H,18,20)/t15-/m0/s1. The summed E-state index contributed by atoms with van der Waals surface area (Å²) in [6.07, 6.45) is 0.657. The number of benzene rings is 1. The Kier molecular flexibility index (Phi) is 6.17. The number of rotatable bonds is 6. The van der Waals surface area contributed by atoms with E-state index in [0.29, 0.717) is 13.0 Å². The van der Waals surface area contributed by atoms with E-state index in [-0.39, 0.29) is 5.91 Å². The Labute approximate surface area is 126 Å². The minimum Gasteiger partial charge on any atom is -0.379 e. The third-order valence-electron chi connectivity index (χ3n) is 3.78. The molecule has 1 aliphatic heterocycles. The van der Waals surface area contributed by atoms with E-state index in [4.69, 9.17) is 10.5 Å². The second-order valence-electron chi connectivity index (χ2n) is 5.44. The van der Waals surface area contributed by atoms with Gasteiger partial charge in [0, 0.05) is 26.2 Å². The first-order valence-electron chi connectivity index (χ1n) is 7.60. The predicted octanol–water partition coefficient (Wildman–Crippen LogP) is 0.872. The van der Waals surface area contributed by atoms with Gasteiger partial charge in [-0.05, 0) is 17.5 Å². The average Bonchev–Trinajstić information content (AvgIpc) is 2.54. The Morgan fingerprint density at radius 3 is 2.52 bits per heavy atom. The number of morpholine rings is 1. The summed E-state index contributed by atoms with van der Waals surface area (Å²) in [6.45, 7) is 7.02. The third kappa shape index (κ3) is 5.12. The molecule has 1 aromatic carbocycles. The summed E-state index contributed by atoms with van der Waals surface area (Å²) in [7, 11) is 0. The molecule has 1 aromatic rings. The fourth-order valence-corrected chi connectivity index (χ4v) is 2.29. The Morgan fingerprint density at radius 1 is 1.29 bits per heavy atom. The van der Waals surface area contributed by atoms with Gasteiger partial charge in [-0.2, -0.15) is 0 Å². The average molecular weight is 291 g/mol. The van der Waals surface area contributed by atoms with E-state index in [1.807, 2.05) is 6.92 Å². The number of hydrogen-bond acceptors (Lipinski definition) is 4. The molecule has 5 heteroatoms. The molecule has 5 nitrogen and oxygen atoms in total. The molecule has 0 aromatic heterocycles. The molecule has 0 spiro atoms. The number of carbonyl (C=O) groups excluding carboxylic acids is 1. The first kappa shape index (κ1) is 15.9. The second kappa shape index (κ2) is 8.12. The number of nitrogens with two attached hydrogens (primary N) is 1. The maximum absolute atomic E-state index is 11.6.